The van der Waals surface area contributed by atoms with Crippen molar-refractivity contribution in [2.24, 2.45) is 5.92 Å². The number of carbonyl (C=O) groups excluding carboxylic acids is 1. The molecule has 0 saturated carbocycles. The number of thiazole rings is 1. The molecular weight excluding hydrogens is 236 g/mol. The third-order valence-electron chi connectivity index (χ3n) is 2.90. The Morgan fingerprint density at radius 2 is 2.59 bits per heavy atom. The fourth-order valence-electron chi connectivity index (χ4n) is 1.85. The van der Waals surface area contributed by atoms with Gasteiger partial charge in [0.15, 0.2) is 0 Å². The average molecular weight is 254 g/mol. The third kappa shape index (κ3) is 3.78. The van der Waals surface area contributed by atoms with Crippen molar-refractivity contribution in [1.29, 1.82) is 0 Å². The molecule has 2 rings (SSSR count). The molecule has 1 aromatic rings. The van der Waals surface area contributed by atoms with Crippen molar-refractivity contribution in [1.82, 2.24) is 10.3 Å². The van der Waals surface area contributed by atoms with Crippen LogP contribution in [0.2, 0.25) is 0 Å². The lowest BCUT2D eigenvalue weighted by Crippen LogP contribution is -2.25. The van der Waals surface area contributed by atoms with Crippen LogP contribution in [0.4, 0.5) is 0 Å². The van der Waals surface area contributed by atoms with Gasteiger partial charge in [0.05, 0.1) is 12.2 Å². The lowest BCUT2D eigenvalue weighted by atomic mass is 10.1. The van der Waals surface area contributed by atoms with Gasteiger partial charge in [0.25, 0.3) is 0 Å². The number of aromatic nitrogens is 1. The molecule has 0 radical (unpaired) electrons. The van der Waals surface area contributed by atoms with Gasteiger partial charge >= 0.3 is 0 Å². The Balaban J connectivity index is 1.71. The van der Waals surface area contributed by atoms with E-state index in [0.29, 0.717) is 18.9 Å². The van der Waals surface area contributed by atoms with Crippen molar-refractivity contribution in [3.63, 3.8) is 0 Å². The Labute approximate surface area is 105 Å². The minimum Gasteiger partial charge on any atom is -0.381 e. The lowest BCUT2D eigenvalue weighted by molar-refractivity contribution is -0.122. The van der Waals surface area contributed by atoms with Gasteiger partial charge in [-0.05, 0) is 18.8 Å². The van der Waals surface area contributed by atoms with Crippen LogP contribution in [0, 0.1) is 5.92 Å². The highest BCUT2D eigenvalue weighted by atomic mass is 32.1. The molecule has 1 aliphatic heterocycles. The highest BCUT2D eigenvalue weighted by Gasteiger charge is 2.18. The van der Waals surface area contributed by atoms with Gasteiger partial charge in [0, 0.05) is 25.0 Å². The summed E-state index contributed by atoms with van der Waals surface area (Å²) in [6, 6.07) is 0. The van der Waals surface area contributed by atoms with Gasteiger partial charge in [-0.3, -0.25) is 4.79 Å². The van der Waals surface area contributed by atoms with Crippen molar-refractivity contribution in [3.8, 4) is 0 Å². The van der Waals surface area contributed by atoms with Crippen LogP contribution in [-0.2, 0) is 22.5 Å². The molecule has 1 N–H and O–H groups in total. The SMILES string of the molecule is CCc1csc(CNC(=O)CC2CCOC2)n1. The summed E-state index contributed by atoms with van der Waals surface area (Å²) in [5.41, 5.74) is 1.10. The summed E-state index contributed by atoms with van der Waals surface area (Å²) in [7, 11) is 0. The lowest BCUT2D eigenvalue weighted by Gasteiger charge is -2.07. The van der Waals surface area contributed by atoms with E-state index in [4.69, 9.17) is 4.74 Å². The summed E-state index contributed by atoms with van der Waals surface area (Å²) in [4.78, 5) is 16.1. The van der Waals surface area contributed by atoms with E-state index < -0.39 is 0 Å². The first-order valence-corrected chi connectivity index (χ1v) is 6.93. The van der Waals surface area contributed by atoms with Crippen LogP contribution in [0.3, 0.4) is 0 Å². The van der Waals surface area contributed by atoms with Crippen LogP contribution >= 0.6 is 11.3 Å². The minimum atomic E-state index is 0.105. The number of aryl methyl sites for hydroxylation is 1. The largest absolute Gasteiger partial charge is 0.381 e. The van der Waals surface area contributed by atoms with Gasteiger partial charge in [-0.2, -0.15) is 0 Å². The van der Waals surface area contributed by atoms with Crippen LogP contribution < -0.4 is 5.32 Å². The topological polar surface area (TPSA) is 51.2 Å². The highest BCUT2D eigenvalue weighted by molar-refractivity contribution is 7.09. The van der Waals surface area contributed by atoms with Gasteiger partial charge in [-0.1, -0.05) is 6.92 Å². The van der Waals surface area contributed by atoms with Crippen LogP contribution in [0.25, 0.3) is 0 Å². The summed E-state index contributed by atoms with van der Waals surface area (Å²) < 4.78 is 5.25. The van der Waals surface area contributed by atoms with E-state index in [2.05, 4.69) is 17.2 Å². The first kappa shape index (κ1) is 12.5. The number of rotatable bonds is 5. The molecule has 1 saturated heterocycles. The van der Waals surface area contributed by atoms with E-state index in [0.717, 1.165) is 36.8 Å². The van der Waals surface area contributed by atoms with Crippen LogP contribution in [0.1, 0.15) is 30.5 Å². The predicted octanol–water partition coefficient (Wildman–Crippen LogP) is 1.75. The van der Waals surface area contributed by atoms with E-state index in [1.54, 1.807) is 11.3 Å². The maximum absolute atomic E-state index is 11.7. The van der Waals surface area contributed by atoms with Crippen LogP contribution in [0.5, 0.6) is 0 Å². The Bertz CT molecular complexity index is 372. The van der Waals surface area contributed by atoms with E-state index >= 15 is 0 Å². The monoisotopic (exact) mass is 254 g/mol. The zero-order valence-corrected chi connectivity index (χ0v) is 10.9. The second-order valence-electron chi connectivity index (χ2n) is 4.30. The molecule has 1 atom stereocenters. The smallest absolute Gasteiger partial charge is 0.220 e. The molecule has 94 valence electrons. The van der Waals surface area contributed by atoms with Gasteiger partial charge in [0.2, 0.25) is 5.91 Å². The zero-order chi connectivity index (χ0) is 12.1. The van der Waals surface area contributed by atoms with Crippen LogP contribution in [-0.4, -0.2) is 24.1 Å². The molecule has 1 amide bonds. The van der Waals surface area contributed by atoms with Crippen molar-refractivity contribution in [3.05, 3.63) is 16.1 Å². The summed E-state index contributed by atoms with van der Waals surface area (Å²) in [6.45, 7) is 4.16. The first-order valence-electron chi connectivity index (χ1n) is 6.05. The fraction of sp³-hybridized carbons (Fsp3) is 0.667. The molecule has 17 heavy (non-hydrogen) atoms. The number of amides is 1. The molecular formula is C12H18N2O2S. The normalized spacial score (nSPS) is 19.5. The van der Waals surface area contributed by atoms with E-state index in [9.17, 15) is 4.79 Å². The minimum absolute atomic E-state index is 0.105. The number of ether oxygens (including phenoxy) is 1. The first-order chi connectivity index (χ1) is 8.28. The van der Waals surface area contributed by atoms with Gasteiger partial charge in [-0.15, -0.1) is 11.3 Å². The third-order valence-corrected chi connectivity index (χ3v) is 3.79. The Morgan fingerprint density at radius 1 is 1.71 bits per heavy atom. The maximum Gasteiger partial charge on any atom is 0.220 e. The van der Waals surface area contributed by atoms with Crippen molar-refractivity contribution in [2.45, 2.75) is 32.7 Å². The summed E-state index contributed by atoms with van der Waals surface area (Å²) in [5, 5.41) is 5.95. The summed E-state index contributed by atoms with van der Waals surface area (Å²) in [5.74, 6) is 0.506. The Morgan fingerprint density at radius 3 is 3.24 bits per heavy atom. The highest BCUT2D eigenvalue weighted by Crippen LogP contribution is 2.16. The molecule has 0 aliphatic carbocycles. The van der Waals surface area contributed by atoms with E-state index in [1.165, 1.54) is 0 Å². The molecule has 5 heteroatoms. The van der Waals surface area contributed by atoms with Gasteiger partial charge in [0.1, 0.15) is 5.01 Å². The molecule has 1 unspecified atom stereocenters. The zero-order valence-electron chi connectivity index (χ0n) is 10.1. The number of nitrogens with zero attached hydrogens (tertiary/aromatic N) is 1. The molecule has 0 aromatic carbocycles. The predicted molar refractivity (Wildman–Crippen MR) is 66.9 cm³/mol. The molecule has 1 fully saturated rings. The summed E-state index contributed by atoms with van der Waals surface area (Å²) >= 11 is 1.61. The quantitative estimate of drug-likeness (QED) is 0.871. The molecule has 0 spiro atoms. The molecule has 2 heterocycles. The molecule has 1 aliphatic rings. The van der Waals surface area contributed by atoms with Crippen LogP contribution in [0.15, 0.2) is 5.38 Å². The van der Waals surface area contributed by atoms with Gasteiger partial charge in [-0.25, -0.2) is 4.98 Å². The molecule has 4 nitrogen and oxygen atoms in total. The number of hydrogen-bond donors (Lipinski definition) is 1. The summed E-state index contributed by atoms with van der Waals surface area (Å²) in [6.07, 6.45) is 2.53. The Hall–Kier alpha value is -0.940. The van der Waals surface area contributed by atoms with Crippen molar-refractivity contribution < 1.29 is 9.53 Å². The number of nitrogens with one attached hydrogen (secondary N) is 1. The standard InChI is InChI=1S/C12H18N2O2S/c1-2-10-8-17-12(14-10)6-13-11(15)5-9-3-4-16-7-9/h8-9H,2-7H2,1H3,(H,13,15). The average Bonchev–Trinajstić information content (AvgIpc) is 2.96. The second-order valence-corrected chi connectivity index (χ2v) is 5.24. The second kappa shape index (κ2) is 6.12. The molecule has 1 aromatic heterocycles. The number of hydrogen-bond acceptors (Lipinski definition) is 4. The van der Waals surface area contributed by atoms with Crippen molar-refractivity contribution in [2.75, 3.05) is 13.2 Å². The molecule has 0 bridgehead atoms. The Kier molecular flexibility index (Phi) is 4.50. The van der Waals surface area contributed by atoms with Gasteiger partial charge < -0.3 is 10.1 Å². The van der Waals surface area contributed by atoms with E-state index in [-0.39, 0.29) is 5.91 Å². The van der Waals surface area contributed by atoms with Crippen molar-refractivity contribution >= 4 is 17.2 Å². The van der Waals surface area contributed by atoms with E-state index in [1.807, 2.05) is 5.38 Å². The maximum atomic E-state index is 11.7. The number of carbonyl (C=O) groups is 1. The fourth-order valence-corrected chi connectivity index (χ4v) is 2.66.